The van der Waals surface area contributed by atoms with Crippen molar-refractivity contribution in [3.8, 4) is 5.75 Å². The summed E-state index contributed by atoms with van der Waals surface area (Å²) >= 11 is 0. The number of benzene rings is 1. The Morgan fingerprint density at radius 1 is 1.14 bits per heavy atom. The quantitative estimate of drug-likeness (QED) is 0.735. The number of piperazine rings is 1. The first kappa shape index (κ1) is 17.2. The van der Waals surface area contributed by atoms with Crippen LogP contribution in [0.3, 0.4) is 0 Å². The lowest BCUT2D eigenvalue weighted by molar-refractivity contribution is 0.368. The zero-order valence-corrected chi connectivity index (χ0v) is 13.8. The van der Waals surface area contributed by atoms with Gasteiger partial charge in [0.25, 0.3) is 0 Å². The van der Waals surface area contributed by atoms with Crippen LogP contribution in [0.1, 0.15) is 0 Å². The molecule has 0 aliphatic carbocycles. The summed E-state index contributed by atoms with van der Waals surface area (Å²) < 4.78 is 41.0. The van der Waals surface area contributed by atoms with Gasteiger partial charge in [0.2, 0.25) is 10.0 Å². The summed E-state index contributed by atoms with van der Waals surface area (Å²) in [6, 6.07) is 7.43. The minimum atomic E-state index is -4.59. The monoisotopic (exact) mass is 350 g/mol. The number of ether oxygens (including phenoxy) is 1. The van der Waals surface area contributed by atoms with Crippen LogP contribution in [0.2, 0.25) is 0 Å². The molecular weight excluding hydrogens is 331 g/mol. The zero-order valence-electron chi connectivity index (χ0n) is 12.1. The maximum absolute atomic E-state index is 11.9. The predicted molar refractivity (Wildman–Crippen MR) is 82.6 cm³/mol. The van der Waals surface area contributed by atoms with E-state index in [1.807, 2.05) is 29.2 Å². The third kappa shape index (κ3) is 4.44. The van der Waals surface area contributed by atoms with Crippen LogP contribution in [0.5, 0.6) is 5.75 Å². The van der Waals surface area contributed by atoms with E-state index in [2.05, 4.69) is 0 Å². The molecule has 10 heteroatoms. The van der Waals surface area contributed by atoms with E-state index in [0.29, 0.717) is 13.1 Å². The fraction of sp³-hybridized carbons (Fsp3) is 0.500. The Balaban J connectivity index is 1.99. The maximum atomic E-state index is 11.9. The fourth-order valence-electron chi connectivity index (χ4n) is 2.31. The third-order valence-electron chi connectivity index (χ3n) is 3.40. The summed E-state index contributed by atoms with van der Waals surface area (Å²) in [5.41, 5.74) is -0.185. The molecule has 1 saturated heterocycles. The second-order valence-electron chi connectivity index (χ2n) is 4.99. The van der Waals surface area contributed by atoms with Gasteiger partial charge in [0.15, 0.2) is 5.49 Å². The van der Waals surface area contributed by atoms with Gasteiger partial charge < -0.3 is 19.4 Å². The number of hydrogen-bond acceptors (Lipinski definition) is 5. The minimum Gasteiger partial charge on any atom is -0.497 e. The lowest BCUT2D eigenvalue weighted by Crippen LogP contribution is -2.49. The summed E-state index contributed by atoms with van der Waals surface area (Å²) in [5, 5.41) is 0. The molecule has 0 radical (unpaired) electrons. The topological polar surface area (TPSA) is 107 Å². The van der Waals surface area contributed by atoms with E-state index < -0.39 is 23.1 Å². The van der Waals surface area contributed by atoms with Crippen LogP contribution in [-0.2, 0) is 14.6 Å². The Hall–Kier alpha value is -1.12. The van der Waals surface area contributed by atoms with E-state index in [1.165, 1.54) is 0 Å². The summed E-state index contributed by atoms with van der Waals surface area (Å²) in [6.45, 7) is 1.34. The number of hydrogen-bond donors (Lipinski definition) is 2. The van der Waals surface area contributed by atoms with Gasteiger partial charge in [-0.05, 0) is 24.3 Å². The molecule has 2 N–H and O–H groups in total. The van der Waals surface area contributed by atoms with Crippen molar-refractivity contribution >= 4 is 23.3 Å². The summed E-state index contributed by atoms with van der Waals surface area (Å²) in [5.74, 6) is 0.742. The Morgan fingerprint density at radius 2 is 1.68 bits per heavy atom. The number of sulfonamides is 1. The van der Waals surface area contributed by atoms with Crippen LogP contribution in [0, 0.1) is 0 Å². The highest BCUT2D eigenvalue weighted by molar-refractivity contribution is 7.95. The van der Waals surface area contributed by atoms with Crippen molar-refractivity contribution in [1.29, 1.82) is 0 Å². The second kappa shape index (κ2) is 6.55. The maximum Gasteiger partial charge on any atom is 0.341 e. The normalized spacial score (nSPS) is 17.5. The number of rotatable bonds is 5. The third-order valence-corrected chi connectivity index (χ3v) is 7.20. The summed E-state index contributed by atoms with van der Waals surface area (Å²) in [4.78, 5) is 19.7. The van der Waals surface area contributed by atoms with Crippen LogP contribution >= 0.6 is 7.60 Å². The van der Waals surface area contributed by atoms with Crippen LogP contribution in [0.4, 0.5) is 5.69 Å². The molecule has 1 aromatic carbocycles. The van der Waals surface area contributed by atoms with Crippen LogP contribution in [-0.4, -0.2) is 61.3 Å². The van der Waals surface area contributed by atoms with Gasteiger partial charge in [0.05, 0.1) is 7.11 Å². The SMILES string of the molecule is COc1ccc(N2CCN(S(=O)(=O)CP(=O)(O)O)CC2)cc1. The Labute approximate surface area is 129 Å². The van der Waals surface area contributed by atoms with Gasteiger partial charge in [-0.2, -0.15) is 4.31 Å². The molecule has 8 nitrogen and oxygen atoms in total. The molecule has 0 atom stereocenters. The molecule has 0 unspecified atom stereocenters. The van der Waals surface area contributed by atoms with Crippen molar-refractivity contribution in [2.24, 2.45) is 0 Å². The molecule has 0 spiro atoms. The highest BCUT2D eigenvalue weighted by Gasteiger charge is 2.32. The molecule has 22 heavy (non-hydrogen) atoms. The van der Waals surface area contributed by atoms with Crippen molar-refractivity contribution in [3.63, 3.8) is 0 Å². The number of nitrogens with zero attached hydrogens (tertiary/aromatic N) is 2. The van der Waals surface area contributed by atoms with Gasteiger partial charge in [-0.25, -0.2) is 8.42 Å². The molecular formula is C12H19N2O6PS. The summed E-state index contributed by atoms with van der Waals surface area (Å²) in [7, 11) is -6.94. The molecule has 1 heterocycles. The van der Waals surface area contributed by atoms with Gasteiger partial charge >= 0.3 is 7.60 Å². The van der Waals surface area contributed by atoms with E-state index in [1.54, 1.807) is 7.11 Å². The lowest BCUT2D eigenvalue weighted by atomic mass is 10.2. The molecule has 124 valence electrons. The van der Waals surface area contributed by atoms with Crippen molar-refractivity contribution in [2.75, 3.05) is 43.7 Å². The largest absolute Gasteiger partial charge is 0.497 e. The number of methoxy groups -OCH3 is 1. The van der Waals surface area contributed by atoms with Crippen molar-refractivity contribution in [1.82, 2.24) is 4.31 Å². The molecule has 0 aromatic heterocycles. The van der Waals surface area contributed by atoms with Crippen molar-refractivity contribution in [2.45, 2.75) is 0 Å². The molecule has 0 saturated carbocycles. The highest BCUT2D eigenvalue weighted by Crippen LogP contribution is 2.37. The van der Waals surface area contributed by atoms with E-state index in [0.717, 1.165) is 15.7 Å². The Morgan fingerprint density at radius 3 is 2.14 bits per heavy atom. The molecule has 1 aromatic rings. The van der Waals surface area contributed by atoms with Crippen LogP contribution in [0.15, 0.2) is 24.3 Å². The zero-order chi connectivity index (χ0) is 16.4. The average Bonchev–Trinajstić information content (AvgIpc) is 2.45. The minimum absolute atomic E-state index is 0.203. The smallest absolute Gasteiger partial charge is 0.341 e. The van der Waals surface area contributed by atoms with Crippen LogP contribution < -0.4 is 9.64 Å². The van der Waals surface area contributed by atoms with Gasteiger partial charge in [-0.1, -0.05) is 0 Å². The van der Waals surface area contributed by atoms with E-state index in [4.69, 9.17) is 14.5 Å². The molecule has 1 aliphatic heterocycles. The number of anilines is 1. The first-order chi connectivity index (χ1) is 10.2. The van der Waals surface area contributed by atoms with Crippen molar-refractivity contribution in [3.05, 3.63) is 24.3 Å². The Kier molecular flexibility index (Phi) is 5.14. The molecule has 2 rings (SSSR count). The Bertz CT molecular complexity index is 649. The molecule has 0 bridgehead atoms. The van der Waals surface area contributed by atoms with Gasteiger partial charge in [-0.15, -0.1) is 0 Å². The first-order valence-corrected chi connectivity index (χ1v) is 10.0. The summed E-state index contributed by atoms with van der Waals surface area (Å²) in [6.07, 6.45) is 0. The van der Waals surface area contributed by atoms with Gasteiger partial charge in [0.1, 0.15) is 5.75 Å². The van der Waals surface area contributed by atoms with E-state index in [-0.39, 0.29) is 13.1 Å². The molecule has 1 fully saturated rings. The molecule has 0 amide bonds. The fourth-order valence-corrected chi connectivity index (χ4v) is 5.38. The highest BCUT2D eigenvalue weighted by atomic mass is 32.2. The van der Waals surface area contributed by atoms with E-state index in [9.17, 15) is 13.0 Å². The average molecular weight is 350 g/mol. The standard InChI is InChI=1S/C12H19N2O6PS/c1-20-12-4-2-11(3-5-12)13-6-8-14(9-7-13)22(18,19)10-21(15,16)17/h2-5H,6-10H2,1H3,(H2,15,16,17). The van der Waals surface area contributed by atoms with Crippen LogP contribution in [0.25, 0.3) is 0 Å². The van der Waals surface area contributed by atoms with Gasteiger partial charge in [-0.3, -0.25) is 4.57 Å². The van der Waals surface area contributed by atoms with Crippen molar-refractivity contribution < 1.29 is 27.5 Å². The molecule has 1 aliphatic rings. The lowest BCUT2D eigenvalue weighted by Gasteiger charge is -2.35. The second-order valence-corrected chi connectivity index (χ2v) is 9.03. The van der Waals surface area contributed by atoms with E-state index >= 15 is 0 Å². The predicted octanol–water partition coefficient (Wildman–Crippen LogP) is 0.282. The van der Waals surface area contributed by atoms with Gasteiger partial charge in [0, 0.05) is 31.9 Å². The first-order valence-electron chi connectivity index (χ1n) is 6.63.